The normalized spacial score (nSPS) is 34.9. The van der Waals surface area contributed by atoms with Crippen LogP contribution in [0.1, 0.15) is 46.5 Å². The fourth-order valence-electron chi connectivity index (χ4n) is 3.35. The van der Waals surface area contributed by atoms with Gasteiger partial charge in [-0.3, -0.25) is 4.79 Å². The Hall–Kier alpha value is -0.850. The highest BCUT2D eigenvalue weighted by atomic mass is 16.1. The molecule has 1 fully saturated rings. The number of carbonyl (C=O) groups is 1. The van der Waals surface area contributed by atoms with E-state index in [1.807, 2.05) is 6.92 Å². The van der Waals surface area contributed by atoms with Gasteiger partial charge in [-0.1, -0.05) is 24.6 Å². The number of allylic oxidation sites excluding steroid dienone is 3. The number of fused-ring (bicyclic) bond motifs is 1. The van der Waals surface area contributed by atoms with Crippen molar-refractivity contribution in [2.75, 3.05) is 0 Å². The maximum absolute atomic E-state index is 12.5. The maximum atomic E-state index is 12.5. The van der Waals surface area contributed by atoms with Gasteiger partial charge in [-0.2, -0.15) is 0 Å². The summed E-state index contributed by atoms with van der Waals surface area (Å²) in [6.45, 7) is 10.4. The predicted molar refractivity (Wildman–Crippen MR) is 67.1 cm³/mol. The molecule has 0 bridgehead atoms. The Morgan fingerprint density at radius 3 is 2.62 bits per heavy atom. The zero-order chi connectivity index (χ0) is 11.9. The molecule has 0 N–H and O–H groups in total. The fourth-order valence-corrected chi connectivity index (χ4v) is 3.35. The summed E-state index contributed by atoms with van der Waals surface area (Å²) < 4.78 is 0. The van der Waals surface area contributed by atoms with Crippen molar-refractivity contribution >= 4 is 5.78 Å². The first-order valence-corrected chi connectivity index (χ1v) is 6.41. The van der Waals surface area contributed by atoms with Crippen LogP contribution in [0.15, 0.2) is 23.3 Å². The molecule has 0 aliphatic heterocycles. The molecule has 2 rings (SSSR count). The van der Waals surface area contributed by atoms with Crippen LogP contribution in [-0.2, 0) is 4.79 Å². The lowest BCUT2D eigenvalue weighted by atomic mass is 9.85. The van der Waals surface area contributed by atoms with E-state index in [0.29, 0.717) is 17.6 Å². The highest BCUT2D eigenvalue weighted by Gasteiger charge is 2.38. The van der Waals surface area contributed by atoms with E-state index in [4.69, 9.17) is 0 Å². The molecule has 88 valence electrons. The lowest BCUT2D eigenvalue weighted by Gasteiger charge is -2.18. The van der Waals surface area contributed by atoms with Gasteiger partial charge in [-0.25, -0.2) is 0 Å². The van der Waals surface area contributed by atoms with Crippen molar-refractivity contribution in [3.8, 4) is 0 Å². The molecule has 0 amide bonds. The van der Waals surface area contributed by atoms with Crippen LogP contribution in [0.25, 0.3) is 0 Å². The monoisotopic (exact) mass is 218 g/mol. The summed E-state index contributed by atoms with van der Waals surface area (Å²) >= 11 is 0. The molecule has 0 aromatic carbocycles. The van der Waals surface area contributed by atoms with Crippen LogP contribution < -0.4 is 0 Å². The minimum Gasteiger partial charge on any atom is -0.294 e. The summed E-state index contributed by atoms with van der Waals surface area (Å²) in [5.41, 5.74) is 3.55. The van der Waals surface area contributed by atoms with E-state index < -0.39 is 0 Å². The third-order valence-electron chi connectivity index (χ3n) is 4.44. The number of hydrogen-bond donors (Lipinski definition) is 0. The largest absolute Gasteiger partial charge is 0.294 e. The van der Waals surface area contributed by atoms with Crippen molar-refractivity contribution in [2.45, 2.75) is 46.5 Å². The average molecular weight is 218 g/mol. The third-order valence-corrected chi connectivity index (χ3v) is 4.44. The zero-order valence-corrected chi connectivity index (χ0v) is 10.7. The van der Waals surface area contributed by atoms with Crippen LogP contribution in [0.5, 0.6) is 0 Å². The molecule has 0 heterocycles. The molecule has 1 saturated carbocycles. The topological polar surface area (TPSA) is 17.1 Å². The van der Waals surface area contributed by atoms with Gasteiger partial charge in [0.25, 0.3) is 0 Å². The van der Waals surface area contributed by atoms with Gasteiger partial charge in [0.15, 0.2) is 5.78 Å². The van der Waals surface area contributed by atoms with Crippen LogP contribution in [0, 0.1) is 17.8 Å². The van der Waals surface area contributed by atoms with E-state index in [-0.39, 0.29) is 5.92 Å². The number of hydrogen-bond acceptors (Lipinski definition) is 1. The van der Waals surface area contributed by atoms with Crippen LogP contribution in [0.4, 0.5) is 0 Å². The minimum absolute atomic E-state index is 0.0931. The summed E-state index contributed by atoms with van der Waals surface area (Å²) in [6.07, 6.45) is 4.49. The summed E-state index contributed by atoms with van der Waals surface area (Å²) in [5.74, 6) is 1.69. The Bertz CT molecular complexity index is 362. The van der Waals surface area contributed by atoms with E-state index in [1.165, 1.54) is 18.4 Å². The van der Waals surface area contributed by atoms with Crippen molar-refractivity contribution in [1.29, 1.82) is 0 Å². The minimum atomic E-state index is 0.0931. The van der Waals surface area contributed by atoms with E-state index in [0.717, 1.165) is 24.0 Å². The van der Waals surface area contributed by atoms with E-state index in [1.54, 1.807) is 0 Å². The van der Waals surface area contributed by atoms with Gasteiger partial charge in [-0.15, -0.1) is 0 Å². The molecule has 2 aliphatic rings. The molecule has 0 unspecified atom stereocenters. The van der Waals surface area contributed by atoms with Gasteiger partial charge >= 0.3 is 0 Å². The Kier molecular flexibility index (Phi) is 3.05. The van der Waals surface area contributed by atoms with Crippen molar-refractivity contribution in [2.24, 2.45) is 17.8 Å². The van der Waals surface area contributed by atoms with Crippen molar-refractivity contribution < 1.29 is 4.79 Å². The Morgan fingerprint density at radius 1 is 1.31 bits per heavy atom. The second-order valence-corrected chi connectivity index (χ2v) is 5.66. The lowest BCUT2D eigenvalue weighted by Crippen LogP contribution is -2.19. The first-order valence-electron chi connectivity index (χ1n) is 6.41. The first-order chi connectivity index (χ1) is 7.52. The quantitative estimate of drug-likeness (QED) is 0.610. The van der Waals surface area contributed by atoms with Crippen LogP contribution in [0.2, 0.25) is 0 Å². The van der Waals surface area contributed by atoms with Gasteiger partial charge in [0.2, 0.25) is 0 Å². The summed E-state index contributed by atoms with van der Waals surface area (Å²) in [5, 5.41) is 0. The lowest BCUT2D eigenvalue weighted by molar-refractivity contribution is -0.118. The molecule has 0 aromatic rings. The molecule has 2 aliphatic carbocycles. The van der Waals surface area contributed by atoms with Crippen LogP contribution in [-0.4, -0.2) is 5.78 Å². The summed E-state index contributed by atoms with van der Waals surface area (Å²) in [4.78, 5) is 12.5. The Labute approximate surface area is 98.6 Å². The number of Topliss-reactive ketones (excluding diaryl/α,β-unsaturated/α-hetero) is 1. The molecule has 0 spiro atoms. The van der Waals surface area contributed by atoms with E-state index in [9.17, 15) is 4.79 Å². The Morgan fingerprint density at radius 2 is 2.00 bits per heavy atom. The van der Waals surface area contributed by atoms with Crippen molar-refractivity contribution in [1.82, 2.24) is 0 Å². The third kappa shape index (κ3) is 1.77. The summed E-state index contributed by atoms with van der Waals surface area (Å²) in [7, 11) is 0. The van der Waals surface area contributed by atoms with Gasteiger partial charge < -0.3 is 0 Å². The van der Waals surface area contributed by atoms with E-state index in [2.05, 4.69) is 20.4 Å². The van der Waals surface area contributed by atoms with Crippen molar-refractivity contribution in [3.05, 3.63) is 23.3 Å². The molecule has 3 atom stereocenters. The Balaban J connectivity index is 2.38. The number of ketones is 1. The molecular formula is C15H22O. The predicted octanol–water partition coefficient (Wildman–Crippen LogP) is 3.90. The maximum Gasteiger partial charge on any atom is 0.166 e. The van der Waals surface area contributed by atoms with Gasteiger partial charge in [0.05, 0.1) is 0 Å². The smallest absolute Gasteiger partial charge is 0.166 e. The second-order valence-electron chi connectivity index (χ2n) is 5.66. The molecular weight excluding hydrogens is 196 g/mol. The molecule has 1 heteroatoms. The van der Waals surface area contributed by atoms with Gasteiger partial charge in [0.1, 0.15) is 0 Å². The molecule has 0 radical (unpaired) electrons. The van der Waals surface area contributed by atoms with Crippen molar-refractivity contribution in [3.63, 3.8) is 0 Å². The molecule has 1 nitrogen and oxygen atoms in total. The highest BCUT2D eigenvalue weighted by Crippen LogP contribution is 2.44. The standard InChI is InChI=1S/C15H22O/c1-9(2)12-7-5-10(3)13-8-6-11(4)14(13)15(12)16/h10,12-13H,1,5-8H2,2-4H3/t10-,12-,13+/m0/s1. The molecule has 0 saturated heterocycles. The number of rotatable bonds is 1. The molecule has 0 aromatic heterocycles. The van der Waals surface area contributed by atoms with Crippen LogP contribution in [0.3, 0.4) is 0 Å². The fraction of sp³-hybridized carbons (Fsp3) is 0.667. The SMILES string of the molecule is C=C(C)[C@@H]1CC[C@H](C)[C@H]2CCC(C)=C2C1=O. The second kappa shape index (κ2) is 4.20. The average Bonchev–Trinajstić information content (AvgIpc) is 2.53. The zero-order valence-electron chi connectivity index (χ0n) is 10.7. The van der Waals surface area contributed by atoms with E-state index >= 15 is 0 Å². The highest BCUT2D eigenvalue weighted by molar-refractivity contribution is 6.00. The first kappa shape index (κ1) is 11.6. The van der Waals surface area contributed by atoms with Gasteiger partial charge in [0, 0.05) is 5.92 Å². The molecule has 16 heavy (non-hydrogen) atoms. The van der Waals surface area contributed by atoms with Gasteiger partial charge in [-0.05, 0) is 56.9 Å². The van der Waals surface area contributed by atoms with Crippen LogP contribution >= 0.6 is 0 Å². The summed E-state index contributed by atoms with van der Waals surface area (Å²) in [6, 6.07) is 0. The number of carbonyl (C=O) groups excluding carboxylic acids is 1.